The Hall–Kier alpha value is -2.47. The number of carbonyl (C=O) groups excluding carboxylic acids is 2. The van der Waals surface area contributed by atoms with Crippen molar-refractivity contribution >= 4 is 46.8 Å². The van der Waals surface area contributed by atoms with Gasteiger partial charge in [0.05, 0.1) is 15.8 Å². The fourth-order valence-electron chi connectivity index (χ4n) is 3.47. The molecule has 0 spiro atoms. The average Bonchev–Trinajstić information content (AvgIpc) is 2.84. The van der Waals surface area contributed by atoms with Crippen LogP contribution in [0.1, 0.15) is 16.7 Å². The van der Waals surface area contributed by atoms with E-state index in [1.807, 2.05) is 72.8 Å². The molecule has 3 aromatic rings. The molecule has 4 nitrogen and oxygen atoms in total. The molecule has 0 heterocycles. The fraction of sp³-hybridized carbons (Fsp3) is 0.231. The summed E-state index contributed by atoms with van der Waals surface area (Å²) in [4.78, 5) is 28.0. The molecule has 2 amide bonds. The van der Waals surface area contributed by atoms with E-state index >= 15 is 0 Å². The molecule has 0 saturated carbocycles. The van der Waals surface area contributed by atoms with Gasteiger partial charge in [-0.1, -0.05) is 89.9 Å². The molecule has 1 unspecified atom stereocenters. The maximum atomic E-state index is 13.4. The van der Waals surface area contributed by atoms with Crippen LogP contribution in [-0.2, 0) is 28.3 Å². The van der Waals surface area contributed by atoms with Gasteiger partial charge in [-0.2, -0.15) is 0 Å². The molecule has 0 aliphatic heterocycles. The number of nitrogens with one attached hydrogen (secondary N) is 1. The summed E-state index contributed by atoms with van der Waals surface area (Å²) < 4.78 is 0. The van der Waals surface area contributed by atoms with Gasteiger partial charge in [0.2, 0.25) is 11.8 Å². The lowest BCUT2D eigenvalue weighted by Gasteiger charge is -2.31. The highest BCUT2D eigenvalue weighted by Crippen LogP contribution is 2.25. The molecule has 0 bridgehead atoms. The van der Waals surface area contributed by atoms with E-state index in [0.717, 1.165) is 16.7 Å². The zero-order chi connectivity index (χ0) is 23.6. The largest absolute Gasteiger partial charge is 0.357 e. The number of rotatable bonds is 10. The Bertz CT molecular complexity index is 1060. The summed E-state index contributed by atoms with van der Waals surface area (Å²) in [5.74, 6) is 0.589. The first-order valence-corrected chi connectivity index (χ1v) is 12.5. The SMILES string of the molecule is CNC(=O)C(Cc1ccccc1)N(Cc1ccccc1)C(=O)CSCc1ccc(Cl)c(Cl)c1. The van der Waals surface area contributed by atoms with E-state index in [2.05, 4.69) is 5.32 Å². The van der Waals surface area contributed by atoms with Crippen molar-refractivity contribution in [3.8, 4) is 0 Å². The standard InChI is InChI=1S/C26H26Cl2N2O2S/c1-29-26(32)24(15-19-8-4-2-5-9-19)30(16-20-10-6-3-7-11-20)25(31)18-33-17-21-12-13-22(27)23(28)14-21/h2-14,24H,15-18H2,1H3,(H,29,32). The Morgan fingerprint density at radius 2 is 1.52 bits per heavy atom. The van der Waals surface area contributed by atoms with Crippen molar-refractivity contribution in [3.63, 3.8) is 0 Å². The van der Waals surface area contributed by atoms with E-state index in [1.165, 1.54) is 11.8 Å². The molecule has 0 saturated heterocycles. The molecule has 1 N–H and O–H groups in total. The highest BCUT2D eigenvalue weighted by Gasteiger charge is 2.29. The topological polar surface area (TPSA) is 49.4 Å². The van der Waals surface area contributed by atoms with Crippen LogP contribution >= 0.6 is 35.0 Å². The van der Waals surface area contributed by atoms with Crippen LogP contribution < -0.4 is 5.32 Å². The van der Waals surface area contributed by atoms with Crippen molar-refractivity contribution in [1.29, 1.82) is 0 Å². The van der Waals surface area contributed by atoms with Gasteiger partial charge in [0.25, 0.3) is 0 Å². The number of amides is 2. The fourth-order valence-corrected chi connectivity index (χ4v) is 4.65. The summed E-state index contributed by atoms with van der Waals surface area (Å²) in [5, 5.41) is 3.73. The lowest BCUT2D eigenvalue weighted by molar-refractivity contribution is -0.139. The quantitative estimate of drug-likeness (QED) is 0.393. The molecule has 0 aromatic heterocycles. The number of halogens is 2. The van der Waals surface area contributed by atoms with Gasteiger partial charge in [0.15, 0.2) is 0 Å². The highest BCUT2D eigenvalue weighted by molar-refractivity contribution is 7.99. The van der Waals surface area contributed by atoms with E-state index in [0.29, 0.717) is 28.8 Å². The summed E-state index contributed by atoms with van der Waals surface area (Å²) in [6, 6.07) is 24.3. The predicted molar refractivity (Wildman–Crippen MR) is 138 cm³/mol. The normalized spacial score (nSPS) is 11.6. The third kappa shape index (κ3) is 7.53. The van der Waals surface area contributed by atoms with Gasteiger partial charge in [-0.3, -0.25) is 9.59 Å². The lowest BCUT2D eigenvalue weighted by Crippen LogP contribution is -2.50. The first-order chi connectivity index (χ1) is 16.0. The maximum Gasteiger partial charge on any atom is 0.242 e. The van der Waals surface area contributed by atoms with Crippen LogP contribution in [0.4, 0.5) is 0 Å². The number of thioether (sulfide) groups is 1. The van der Waals surface area contributed by atoms with Crippen LogP contribution in [0.3, 0.4) is 0 Å². The van der Waals surface area contributed by atoms with Gasteiger partial charge in [0, 0.05) is 25.8 Å². The number of likely N-dealkylation sites (N-methyl/N-ethyl adjacent to an activating group) is 1. The molecule has 0 aliphatic carbocycles. The van der Waals surface area contributed by atoms with Crippen molar-refractivity contribution in [2.75, 3.05) is 12.8 Å². The molecule has 3 aromatic carbocycles. The molecule has 0 fully saturated rings. The number of hydrogen-bond donors (Lipinski definition) is 1. The summed E-state index contributed by atoms with van der Waals surface area (Å²) in [5.41, 5.74) is 2.96. The molecular weight excluding hydrogens is 475 g/mol. The van der Waals surface area contributed by atoms with Crippen molar-refractivity contribution in [2.45, 2.75) is 24.8 Å². The zero-order valence-corrected chi connectivity index (χ0v) is 20.7. The minimum atomic E-state index is -0.615. The maximum absolute atomic E-state index is 13.4. The molecule has 172 valence electrons. The Balaban J connectivity index is 1.77. The van der Waals surface area contributed by atoms with Crippen LogP contribution in [-0.4, -0.2) is 35.6 Å². The van der Waals surface area contributed by atoms with Crippen LogP contribution in [0.5, 0.6) is 0 Å². The highest BCUT2D eigenvalue weighted by atomic mass is 35.5. The summed E-state index contributed by atoms with van der Waals surface area (Å²) in [6.07, 6.45) is 0.441. The Morgan fingerprint density at radius 3 is 2.12 bits per heavy atom. The molecule has 7 heteroatoms. The minimum Gasteiger partial charge on any atom is -0.357 e. The van der Waals surface area contributed by atoms with Gasteiger partial charge in [0.1, 0.15) is 6.04 Å². The second kappa shape index (κ2) is 12.7. The Kier molecular flexibility index (Phi) is 9.67. The van der Waals surface area contributed by atoms with Gasteiger partial charge >= 0.3 is 0 Å². The lowest BCUT2D eigenvalue weighted by atomic mass is 10.0. The minimum absolute atomic E-state index is 0.0894. The third-order valence-corrected chi connectivity index (χ3v) is 6.92. The van der Waals surface area contributed by atoms with Gasteiger partial charge in [-0.05, 0) is 28.8 Å². The number of nitrogens with zero attached hydrogens (tertiary/aromatic N) is 1. The summed E-state index contributed by atoms with van der Waals surface area (Å²) >= 11 is 13.6. The van der Waals surface area contributed by atoms with Gasteiger partial charge in [-0.15, -0.1) is 11.8 Å². The third-order valence-electron chi connectivity index (χ3n) is 5.19. The van der Waals surface area contributed by atoms with Crippen LogP contribution in [0, 0.1) is 0 Å². The van der Waals surface area contributed by atoms with Crippen LogP contribution in [0.15, 0.2) is 78.9 Å². The monoisotopic (exact) mass is 500 g/mol. The first-order valence-electron chi connectivity index (χ1n) is 10.6. The number of benzene rings is 3. The van der Waals surface area contributed by atoms with Crippen molar-refractivity contribution in [2.24, 2.45) is 0 Å². The Morgan fingerprint density at radius 1 is 0.879 bits per heavy atom. The molecule has 0 radical (unpaired) electrons. The van der Waals surface area contributed by atoms with E-state index in [1.54, 1.807) is 18.0 Å². The van der Waals surface area contributed by atoms with Crippen molar-refractivity contribution in [1.82, 2.24) is 10.2 Å². The van der Waals surface area contributed by atoms with Crippen molar-refractivity contribution in [3.05, 3.63) is 106 Å². The van der Waals surface area contributed by atoms with E-state index in [-0.39, 0.29) is 17.6 Å². The predicted octanol–water partition coefficient (Wildman–Crippen LogP) is 5.61. The first kappa shape index (κ1) is 25.2. The van der Waals surface area contributed by atoms with E-state index < -0.39 is 6.04 Å². The van der Waals surface area contributed by atoms with Crippen LogP contribution in [0.25, 0.3) is 0 Å². The summed E-state index contributed by atoms with van der Waals surface area (Å²) in [6.45, 7) is 0.359. The molecule has 33 heavy (non-hydrogen) atoms. The van der Waals surface area contributed by atoms with Gasteiger partial charge in [-0.25, -0.2) is 0 Å². The molecule has 1 atom stereocenters. The summed E-state index contributed by atoms with van der Waals surface area (Å²) in [7, 11) is 1.60. The molecule has 3 rings (SSSR count). The smallest absolute Gasteiger partial charge is 0.242 e. The molecular formula is C26H26Cl2N2O2S. The molecule has 0 aliphatic rings. The zero-order valence-electron chi connectivity index (χ0n) is 18.3. The second-order valence-electron chi connectivity index (χ2n) is 7.57. The average molecular weight is 501 g/mol. The second-order valence-corrected chi connectivity index (χ2v) is 9.37. The number of carbonyl (C=O) groups is 2. The number of hydrogen-bond acceptors (Lipinski definition) is 3. The Labute approximate surface area is 209 Å². The van der Waals surface area contributed by atoms with Crippen molar-refractivity contribution < 1.29 is 9.59 Å². The van der Waals surface area contributed by atoms with Crippen LogP contribution in [0.2, 0.25) is 10.0 Å². The van der Waals surface area contributed by atoms with E-state index in [4.69, 9.17) is 23.2 Å². The van der Waals surface area contributed by atoms with E-state index in [9.17, 15) is 9.59 Å². The van der Waals surface area contributed by atoms with Gasteiger partial charge < -0.3 is 10.2 Å².